The van der Waals surface area contributed by atoms with E-state index in [1.807, 2.05) is 90.1 Å². The van der Waals surface area contributed by atoms with Gasteiger partial charge in [-0.3, -0.25) is 43.7 Å². The molecule has 392 valence electrons. The molecule has 3 heterocycles. The number of amides is 5. The van der Waals surface area contributed by atoms with Gasteiger partial charge >= 0.3 is 5.97 Å². The Hall–Kier alpha value is -6.96. The van der Waals surface area contributed by atoms with Crippen molar-refractivity contribution in [3.05, 3.63) is 145 Å². The third kappa shape index (κ3) is 16.8. The first-order valence-electron chi connectivity index (χ1n) is 25.2. The van der Waals surface area contributed by atoms with Crippen LogP contribution in [0.1, 0.15) is 156 Å². The molecule has 2 unspecified atom stereocenters. The molecule has 6 rings (SSSR count). The van der Waals surface area contributed by atoms with Crippen molar-refractivity contribution in [1.82, 2.24) is 25.5 Å². The maximum Gasteiger partial charge on any atom is 0.327 e. The maximum atomic E-state index is 14.2. The Morgan fingerprint density at radius 2 is 1.00 bits per heavy atom. The number of nitrogens with zero attached hydrogens (tertiary/aromatic N) is 5. The molecule has 3 atom stereocenters. The molecule has 2 fully saturated rings. The fourth-order valence-corrected chi connectivity index (χ4v) is 8.77. The number of hydrogen-bond donors (Lipinski definition) is 3. The summed E-state index contributed by atoms with van der Waals surface area (Å²) in [4.78, 5) is 90.5. The monoisotopic (exact) mass is 998 g/mol. The normalized spacial score (nSPS) is 15.7. The first-order valence-corrected chi connectivity index (χ1v) is 25.2. The lowest BCUT2D eigenvalue weighted by Gasteiger charge is -2.36. The van der Waals surface area contributed by atoms with Crippen molar-refractivity contribution in [2.45, 2.75) is 162 Å². The third-order valence-corrected chi connectivity index (χ3v) is 12.4. The second-order valence-corrected chi connectivity index (χ2v) is 22.8. The molecule has 3 N–H and O–H groups in total. The van der Waals surface area contributed by atoms with E-state index >= 15 is 0 Å². The fourth-order valence-electron chi connectivity index (χ4n) is 8.77. The third-order valence-electron chi connectivity index (χ3n) is 12.4. The predicted octanol–water partition coefficient (Wildman–Crippen LogP) is 10.4. The van der Waals surface area contributed by atoms with Crippen molar-refractivity contribution < 1.29 is 33.9 Å². The summed E-state index contributed by atoms with van der Waals surface area (Å²) in [5, 5.41) is 13.7. The molecule has 5 amide bonds. The van der Waals surface area contributed by atoms with Gasteiger partial charge in [0.25, 0.3) is 5.91 Å². The Labute approximate surface area is 433 Å². The summed E-state index contributed by atoms with van der Waals surface area (Å²) in [6.45, 7) is 31.4. The van der Waals surface area contributed by atoms with Crippen LogP contribution in [0.25, 0.3) is 0 Å². The minimum Gasteiger partial charge on any atom is -0.478 e. The number of benzene rings is 2. The maximum absolute atomic E-state index is 14.2. The van der Waals surface area contributed by atoms with E-state index in [-0.39, 0.29) is 46.3 Å². The van der Waals surface area contributed by atoms with E-state index < -0.39 is 35.2 Å². The Morgan fingerprint density at radius 1 is 0.603 bits per heavy atom. The van der Waals surface area contributed by atoms with E-state index in [2.05, 4.69) is 87.4 Å². The molecule has 1 aliphatic heterocycles. The molecular formula is C59H79N7O7. The summed E-state index contributed by atoms with van der Waals surface area (Å²) in [5.41, 5.74) is 3.93. The van der Waals surface area contributed by atoms with Crippen LogP contribution in [0.5, 0.6) is 0 Å². The predicted molar refractivity (Wildman–Crippen MR) is 290 cm³/mol. The molecule has 14 heteroatoms. The molecular weight excluding hydrogens is 919 g/mol. The van der Waals surface area contributed by atoms with Gasteiger partial charge in [-0.1, -0.05) is 104 Å². The van der Waals surface area contributed by atoms with Crippen LogP contribution < -0.4 is 20.4 Å². The summed E-state index contributed by atoms with van der Waals surface area (Å²) < 4.78 is 0. The van der Waals surface area contributed by atoms with Crippen LogP contribution in [-0.4, -0.2) is 79.1 Å². The number of likely N-dealkylation sites (tertiary alicyclic amines) is 1. The zero-order valence-corrected chi connectivity index (χ0v) is 45.2. The molecule has 14 nitrogen and oxygen atoms in total. The van der Waals surface area contributed by atoms with Crippen LogP contribution in [0.15, 0.2) is 123 Å². The number of hydrogen-bond acceptors (Lipinski definition) is 8. The van der Waals surface area contributed by atoms with E-state index in [9.17, 15) is 28.8 Å². The average Bonchev–Trinajstić information content (AvgIpc) is 4.05. The number of aliphatic carboxylic acids is 1. The van der Waals surface area contributed by atoms with Gasteiger partial charge in [0.2, 0.25) is 23.6 Å². The molecule has 1 aliphatic carbocycles. The Bertz CT molecular complexity index is 2510. The van der Waals surface area contributed by atoms with Gasteiger partial charge in [0.1, 0.15) is 18.1 Å². The highest BCUT2D eigenvalue weighted by molar-refractivity contribution is 6.06. The number of aromatic nitrogens is 2. The van der Waals surface area contributed by atoms with Crippen molar-refractivity contribution in [2.75, 3.05) is 16.3 Å². The first kappa shape index (κ1) is 58.6. The number of pyridine rings is 2. The van der Waals surface area contributed by atoms with E-state index in [4.69, 9.17) is 5.11 Å². The Morgan fingerprint density at radius 3 is 1.33 bits per heavy atom. The lowest BCUT2D eigenvalue weighted by molar-refractivity contribution is -0.135. The number of carbonyl (C=O) groups excluding carboxylic acids is 5. The molecule has 0 spiro atoms. The number of carboxylic acids is 1. The minimum atomic E-state index is -0.981. The fraction of sp³-hybridized carbons (Fsp3) is 0.458. The molecule has 73 heavy (non-hydrogen) atoms. The summed E-state index contributed by atoms with van der Waals surface area (Å²) in [7, 11) is 0. The summed E-state index contributed by atoms with van der Waals surface area (Å²) in [6, 6.07) is 20.6. The quantitative estimate of drug-likeness (QED) is 0.116. The van der Waals surface area contributed by atoms with Gasteiger partial charge in [0.15, 0.2) is 0 Å². The van der Waals surface area contributed by atoms with E-state index in [0.29, 0.717) is 36.2 Å². The van der Waals surface area contributed by atoms with Crippen molar-refractivity contribution in [3.8, 4) is 0 Å². The van der Waals surface area contributed by atoms with Crippen LogP contribution in [0.2, 0.25) is 0 Å². The van der Waals surface area contributed by atoms with Crippen LogP contribution in [-0.2, 0) is 39.6 Å². The van der Waals surface area contributed by atoms with Crippen molar-refractivity contribution in [2.24, 2.45) is 5.92 Å². The molecule has 2 aliphatic rings. The average molecular weight is 998 g/mol. The molecule has 1 saturated carbocycles. The molecule has 4 aromatic rings. The number of carboxylic acid groups (broad SMARTS) is 1. The van der Waals surface area contributed by atoms with Crippen LogP contribution in [0.4, 0.5) is 11.4 Å². The number of nitrogens with one attached hydrogen (secondary N) is 2. The molecule has 2 aromatic heterocycles. The zero-order valence-electron chi connectivity index (χ0n) is 45.2. The Kier molecular flexibility index (Phi) is 20.2. The highest BCUT2D eigenvalue weighted by Gasteiger charge is 2.42. The standard InChI is InChI=1S/C29H38N4O3.C27H37N3O2.C3H4O2/c1-8-24(34)32-18-10-12-23(32)27(36)33(22-15-13-21(14-16-22)28(2,3)4)25(20-11-9-17-30-19-20)26(35)31-29(5,6)7;1-26(2,3)21-13-15-22(16-14-21)30(25(32)19-10-7-8-11-19)23(20-12-9-17-28-18-20)24(31)29-27(4,5)6;1-2-3(4)5/h8-9,11,13-17,19,23,25H,1,10,12,18H2,2-7H3,(H,31,35);9,12-19,23H,7-8,10-11H2,1-6H3,(H,29,31);2H,1H2,(H,4,5)/t23-,25?;;/m0../s1. The second-order valence-electron chi connectivity index (χ2n) is 22.8. The second kappa shape index (κ2) is 25.1. The van der Waals surface area contributed by atoms with Gasteiger partial charge in [-0.2, -0.15) is 0 Å². The molecule has 2 aromatic carbocycles. The van der Waals surface area contributed by atoms with Crippen molar-refractivity contribution in [3.63, 3.8) is 0 Å². The smallest absolute Gasteiger partial charge is 0.327 e. The molecule has 0 radical (unpaired) electrons. The Balaban J connectivity index is 0.000000291. The summed E-state index contributed by atoms with van der Waals surface area (Å²) in [5.74, 6) is -2.12. The largest absolute Gasteiger partial charge is 0.478 e. The van der Waals surface area contributed by atoms with E-state index in [1.54, 1.807) is 46.7 Å². The topological polar surface area (TPSA) is 182 Å². The van der Waals surface area contributed by atoms with E-state index in [1.165, 1.54) is 16.5 Å². The number of rotatable bonds is 12. The SMILES string of the molecule is C=CC(=O)N1CCC[C@H]1C(=O)N(c1ccc(C(C)(C)C)cc1)C(C(=O)NC(C)(C)C)c1cccnc1.C=CC(=O)O.CC(C)(C)NC(=O)C(c1cccnc1)N(C(=O)C1CCCC1)c1ccc(C(C)(C)C)cc1. The first-order chi connectivity index (χ1) is 34.1. The zero-order chi connectivity index (χ0) is 54.5. The van der Waals surface area contributed by atoms with Gasteiger partial charge in [0, 0.05) is 76.9 Å². The van der Waals surface area contributed by atoms with Crippen molar-refractivity contribution >= 4 is 46.9 Å². The van der Waals surface area contributed by atoms with Gasteiger partial charge in [-0.05, 0) is 132 Å². The summed E-state index contributed by atoms with van der Waals surface area (Å²) >= 11 is 0. The lowest BCUT2D eigenvalue weighted by Crippen LogP contribution is -2.54. The van der Waals surface area contributed by atoms with Gasteiger partial charge in [-0.15, -0.1) is 0 Å². The minimum absolute atomic E-state index is 0.00514. The molecule has 1 saturated heterocycles. The highest BCUT2D eigenvalue weighted by atomic mass is 16.4. The van der Waals surface area contributed by atoms with Crippen molar-refractivity contribution in [1.29, 1.82) is 0 Å². The van der Waals surface area contributed by atoms with Crippen LogP contribution in [0.3, 0.4) is 0 Å². The van der Waals surface area contributed by atoms with Crippen LogP contribution in [0, 0.1) is 5.92 Å². The van der Waals surface area contributed by atoms with Crippen LogP contribution >= 0.6 is 0 Å². The number of anilines is 2. The van der Waals surface area contributed by atoms with Gasteiger partial charge in [-0.25, -0.2) is 4.79 Å². The lowest BCUT2D eigenvalue weighted by atomic mass is 9.87. The van der Waals surface area contributed by atoms with Gasteiger partial charge in [0.05, 0.1) is 0 Å². The number of carbonyl (C=O) groups is 6. The van der Waals surface area contributed by atoms with E-state index in [0.717, 1.165) is 43.0 Å². The van der Waals surface area contributed by atoms with Gasteiger partial charge < -0.3 is 20.6 Å². The highest BCUT2D eigenvalue weighted by Crippen LogP contribution is 2.37. The molecule has 0 bridgehead atoms. The summed E-state index contributed by atoms with van der Waals surface area (Å²) in [6.07, 6.45) is 13.8.